The van der Waals surface area contributed by atoms with Gasteiger partial charge in [0.05, 0.1) is 12.2 Å². The Morgan fingerprint density at radius 1 is 1.25 bits per heavy atom. The number of pyridine rings is 1. The summed E-state index contributed by atoms with van der Waals surface area (Å²) in [7, 11) is 1.89. The molecule has 1 saturated heterocycles. The first-order chi connectivity index (χ1) is 13.6. The predicted molar refractivity (Wildman–Crippen MR) is 110 cm³/mol. The zero-order valence-electron chi connectivity index (χ0n) is 16.3. The highest BCUT2D eigenvalue weighted by Crippen LogP contribution is 2.26. The average Bonchev–Trinajstić information content (AvgIpc) is 3.17. The van der Waals surface area contributed by atoms with Crippen LogP contribution in [0.2, 0.25) is 0 Å². The Balaban J connectivity index is 1.72. The van der Waals surface area contributed by atoms with Gasteiger partial charge in [0.2, 0.25) is 0 Å². The molecule has 0 aliphatic carbocycles. The Morgan fingerprint density at radius 2 is 2.14 bits per heavy atom. The summed E-state index contributed by atoms with van der Waals surface area (Å²) in [5.74, 6) is 0.731. The number of hydrogen-bond donors (Lipinski definition) is 1. The topological polar surface area (TPSA) is 63.1 Å². The minimum Gasteiger partial charge on any atom is -0.315 e. The lowest BCUT2D eigenvalue weighted by molar-refractivity contribution is 0.0971. The standard InChI is InChI=1S/C22H25N5O/c1-16-6-4-11-24-21(16)27(20-9-5-10-23-14-20)22(28)18-8-3-7-17(12-18)19-13-25-26(2)15-19/h3-4,6-8,11-13,15,20,23H,5,9-10,14H2,1-2H3/t20-/m1/s1. The van der Waals surface area contributed by atoms with E-state index in [1.54, 1.807) is 10.9 Å². The van der Waals surface area contributed by atoms with Crippen LogP contribution in [0.5, 0.6) is 0 Å². The maximum absolute atomic E-state index is 13.6. The van der Waals surface area contributed by atoms with Crippen molar-refractivity contribution < 1.29 is 4.79 Å². The molecule has 1 aliphatic heterocycles. The van der Waals surface area contributed by atoms with Crippen LogP contribution >= 0.6 is 0 Å². The lowest BCUT2D eigenvalue weighted by Crippen LogP contribution is -2.49. The third kappa shape index (κ3) is 3.68. The number of aromatic nitrogens is 3. The molecule has 0 spiro atoms. The van der Waals surface area contributed by atoms with E-state index in [4.69, 9.17) is 0 Å². The van der Waals surface area contributed by atoms with Gasteiger partial charge in [0.15, 0.2) is 0 Å². The number of nitrogens with zero attached hydrogens (tertiary/aromatic N) is 4. The van der Waals surface area contributed by atoms with Crippen molar-refractivity contribution in [2.45, 2.75) is 25.8 Å². The zero-order valence-corrected chi connectivity index (χ0v) is 16.3. The average molecular weight is 375 g/mol. The third-order valence-corrected chi connectivity index (χ3v) is 5.21. The van der Waals surface area contributed by atoms with E-state index in [0.717, 1.165) is 48.4 Å². The monoisotopic (exact) mass is 375 g/mol. The van der Waals surface area contributed by atoms with Gasteiger partial charge in [-0.1, -0.05) is 18.2 Å². The molecule has 1 atom stereocenters. The predicted octanol–water partition coefficient (Wildman–Crippen LogP) is 3.19. The van der Waals surface area contributed by atoms with E-state index < -0.39 is 0 Å². The van der Waals surface area contributed by atoms with Gasteiger partial charge in [0.25, 0.3) is 5.91 Å². The number of aryl methyl sites for hydroxylation is 2. The minimum atomic E-state index is -0.0127. The molecule has 3 aromatic rings. The van der Waals surface area contributed by atoms with Gasteiger partial charge in [-0.3, -0.25) is 14.4 Å². The number of anilines is 1. The van der Waals surface area contributed by atoms with Crippen LogP contribution in [0.1, 0.15) is 28.8 Å². The highest BCUT2D eigenvalue weighted by Gasteiger charge is 2.29. The highest BCUT2D eigenvalue weighted by molar-refractivity contribution is 6.07. The number of piperidine rings is 1. The summed E-state index contributed by atoms with van der Waals surface area (Å²) in [6.07, 6.45) is 7.54. The minimum absolute atomic E-state index is 0.0127. The molecule has 0 saturated carbocycles. The number of carbonyl (C=O) groups is 1. The summed E-state index contributed by atoms with van der Waals surface area (Å²) in [5, 5.41) is 7.66. The molecule has 4 rings (SSSR count). The quantitative estimate of drug-likeness (QED) is 0.761. The van der Waals surface area contributed by atoms with Crippen LogP contribution in [0, 0.1) is 6.92 Å². The van der Waals surface area contributed by atoms with Crippen molar-refractivity contribution in [3.8, 4) is 11.1 Å². The van der Waals surface area contributed by atoms with Gasteiger partial charge in [-0.2, -0.15) is 5.10 Å². The Kier molecular flexibility index (Phi) is 5.21. The molecule has 0 unspecified atom stereocenters. The van der Waals surface area contributed by atoms with Crippen LogP contribution in [-0.2, 0) is 7.05 Å². The molecule has 1 N–H and O–H groups in total. The van der Waals surface area contributed by atoms with Gasteiger partial charge >= 0.3 is 0 Å². The van der Waals surface area contributed by atoms with Crippen molar-refractivity contribution in [2.24, 2.45) is 7.05 Å². The fraction of sp³-hybridized carbons (Fsp3) is 0.318. The SMILES string of the molecule is Cc1cccnc1N(C(=O)c1cccc(-c2cnn(C)c2)c1)[C@@H]1CCCNC1. The van der Waals surface area contributed by atoms with Crippen molar-refractivity contribution in [3.63, 3.8) is 0 Å². The summed E-state index contributed by atoms with van der Waals surface area (Å²) in [6, 6.07) is 11.8. The molecular weight excluding hydrogens is 350 g/mol. The lowest BCUT2D eigenvalue weighted by Gasteiger charge is -2.34. The van der Waals surface area contributed by atoms with Crippen LogP contribution in [0.4, 0.5) is 5.82 Å². The van der Waals surface area contributed by atoms with Gasteiger partial charge in [-0.05, 0) is 55.6 Å². The maximum Gasteiger partial charge on any atom is 0.259 e. The maximum atomic E-state index is 13.6. The van der Waals surface area contributed by atoms with Gasteiger partial charge in [-0.15, -0.1) is 0 Å². The second-order valence-electron chi connectivity index (χ2n) is 7.30. The molecule has 0 radical (unpaired) electrons. The van der Waals surface area contributed by atoms with Crippen LogP contribution in [0.3, 0.4) is 0 Å². The van der Waals surface area contributed by atoms with Gasteiger partial charge in [-0.25, -0.2) is 4.98 Å². The molecule has 6 heteroatoms. The molecule has 1 amide bonds. The van der Waals surface area contributed by atoms with Crippen LogP contribution < -0.4 is 10.2 Å². The fourth-order valence-electron chi connectivity index (χ4n) is 3.76. The molecular formula is C22H25N5O. The number of carbonyl (C=O) groups excluding carboxylic acids is 1. The number of nitrogens with one attached hydrogen (secondary N) is 1. The summed E-state index contributed by atoms with van der Waals surface area (Å²) in [4.78, 5) is 20.0. The third-order valence-electron chi connectivity index (χ3n) is 5.21. The first-order valence-electron chi connectivity index (χ1n) is 9.68. The molecule has 144 valence electrons. The van der Waals surface area contributed by atoms with Crippen LogP contribution in [0.25, 0.3) is 11.1 Å². The molecule has 6 nitrogen and oxygen atoms in total. The normalized spacial score (nSPS) is 16.7. The van der Waals surface area contributed by atoms with E-state index in [2.05, 4.69) is 15.4 Å². The van der Waals surface area contributed by atoms with Crippen LogP contribution in [-0.4, -0.2) is 39.8 Å². The molecule has 28 heavy (non-hydrogen) atoms. The Labute approximate surface area is 165 Å². The highest BCUT2D eigenvalue weighted by atomic mass is 16.2. The fourth-order valence-corrected chi connectivity index (χ4v) is 3.76. The van der Waals surface area contributed by atoms with Gasteiger partial charge in [0, 0.05) is 37.1 Å². The van der Waals surface area contributed by atoms with Crippen molar-refractivity contribution in [2.75, 3.05) is 18.0 Å². The Hall–Kier alpha value is -2.99. The second kappa shape index (κ2) is 7.94. The molecule has 2 aromatic heterocycles. The largest absolute Gasteiger partial charge is 0.315 e. The van der Waals surface area contributed by atoms with E-state index in [9.17, 15) is 4.79 Å². The summed E-state index contributed by atoms with van der Waals surface area (Å²) >= 11 is 0. The summed E-state index contributed by atoms with van der Waals surface area (Å²) < 4.78 is 1.76. The van der Waals surface area contributed by atoms with E-state index in [0.29, 0.717) is 5.56 Å². The van der Waals surface area contributed by atoms with E-state index in [1.165, 1.54) is 0 Å². The van der Waals surface area contributed by atoms with Crippen molar-refractivity contribution >= 4 is 11.7 Å². The first kappa shape index (κ1) is 18.4. The number of rotatable bonds is 4. The lowest BCUT2D eigenvalue weighted by atomic mass is 10.0. The van der Waals surface area contributed by atoms with E-state index in [1.807, 2.05) is 67.7 Å². The molecule has 0 bridgehead atoms. The summed E-state index contributed by atoms with van der Waals surface area (Å²) in [6.45, 7) is 3.78. The smallest absolute Gasteiger partial charge is 0.259 e. The summed E-state index contributed by atoms with van der Waals surface area (Å²) in [5.41, 5.74) is 3.65. The van der Waals surface area contributed by atoms with Crippen molar-refractivity contribution in [1.82, 2.24) is 20.1 Å². The molecule has 1 aliphatic rings. The Morgan fingerprint density at radius 3 is 2.86 bits per heavy atom. The van der Waals surface area contributed by atoms with Crippen molar-refractivity contribution in [1.29, 1.82) is 0 Å². The number of hydrogen-bond acceptors (Lipinski definition) is 4. The number of amides is 1. The van der Waals surface area contributed by atoms with Crippen molar-refractivity contribution in [3.05, 3.63) is 66.1 Å². The molecule has 3 heterocycles. The van der Waals surface area contributed by atoms with Crippen LogP contribution in [0.15, 0.2) is 55.0 Å². The Bertz CT molecular complexity index is 974. The van der Waals surface area contributed by atoms with E-state index in [-0.39, 0.29) is 11.9 Å². The first-order valence-corrected chi connectivity index (χ1v) is 9.68. The number of benzene rings is 1. The van der Waals surface area contributed by atoms with Gasteiger partial charge in [0.1, 0.15) is 5.82 Å². The van der Waals surface area contributed by atoms with Gasteiger partial charge < -0.3 is 5.32 Å². The molecule has 1 aromatic carbocycles. The van der Waals surface area contributed by atoms with E-state index >= 15 is 0 Å². The second-order valence-corrected chi connectivity index (χ2v) is 7.30. The zero-order chi connectivity index (χ0) is 19.5. The molecule has 1 fully saturated rings.